The highest BCUT2D eigenvalue weighted by Crippen LogP contribution is 2.25. The molecule has 0 radical (unpaired) electrons. The van der Waals surface area contributed by atoms with Gasteiger partial charge in [0, 0.05) is 18.2 Å². The number of nitrogens with zero attached hydrogens (tertiary/aromatic N) is 1. The molecule has 0 rings (SSSR count). The lowest BCUT2D eigenvalue weighted by molar-refractivity contribution is 0.261. The fourth-order valence-electron chi connectivity index (χ4n) is 1.81. The van der Waals surface area contributed by atoms with Crippen molar-refractivity contribution in [1.29, 1.82) is 0 Å². The van der Waals surface area contributed by atoms with Crippen LogP contribution in [0.4, 0.5) is 0 Å². The van der Waals surface area contributed by atoms with Crippen molar-refractivity contribution >= 4 is 5.71 Å². The predicted molar refractivity (Wildman–Crippen MR) is 76.6 cm³/mol. The van der Waals surface area contributed by atoms with Crippen LogP contribution in [-0.2, 0) is 0 Å². The molecule has 98 valence electrons. The van der Waals surface area contributed by atoms with E-state index in [2.05, 4.69) is 39.3 Å². The van der Waals surface area contributed by atoms with Crippen LogP contribution in [0.25, 0.3) is 0 Å². The summed E-state index contributed by atoms with van der Waals surface area (Å²) in [6.07, 6.45) is 3.60. The highest BCUT2D eigenvalue weighted by atomic mass is 16.3. The average molecular weight is 237 g/mol. The highest BCUT2D eigenvalue weighted by Gasteiger charge is 2.20. The topological polar surface area (TPSA) is 32.6 Å². The largest absolute Gasteiger partial charge is 0.396 e. The van der Waals surface area contributed by atoms with E-state index in [-0.39, 0.29) is 18.6 Å². The second kappa shape index (κ2) is 8.24. The molecule has 0 aliphatic heterocycles. The zero-order valence-electron chi connectivity index (χ0n) is 12.0. The number of hydrogen-bond acceptors (Lipinski definition) is 2. The van der Waals surface area contributed by atoms with Crippen molar-refractivity contribution in [3.05, 3.63) is 23.8 Å². The summed E-state index contributed by atoms with van der Waals surface area (Å²) >= 11 is 0. The Morgan fingerprint density at radius 3 is 2.24 bits per heavy atom. The zero-order valence-corrected chi connectivity index (χ0v) is 12.0. The minimum atomic E-state index is 0.0806. The van der Waals surface area contributed by atoms with Gasteiger partial charge in [-0.3, -0.25) is 4.99 Å². The van der Waals surface area contributed by atoms with Gasteiger partial charge in [-0.05, 0) is 40.5 Å². The van der Waals surface area contributed by atoms with Gasteiger partial charge in [0.05, 0.1) is 6.04 Å². The van der Waals surface area contributed by atoms with Gasteiger partial charge in [0.1, 0.15) is 0 Å². The summed E-state index contributed by atoms with van der Waals surface area (Å²) < 4.78 is 0. The number of aliphatic hydroxyl groups is 1. The van der Waals surface area contributed by atoms with E-state index in [4.69, 9.17) is 0 Å². The molecular formula is C15H27NO. The van der Waals surface area contributed by atoms with Crippen molar-refractivity contribution in [3.63, 3.8) is 0 Å². The first-order valence-corrected chi connectivity index (χ1v) is 6.38. The molecule has 0 aliphatic rings. The third-order valence-corrected chi connectivity index (χ3v) is 3.32. The van der Waals surface area contributed by atoms with E-state index in [0.29, 0.717) is 0 Å². The van der Waals surface area contributed by atoms with Crippen molar-refractivity contribution < 1.29 is 5.11 Å². The van der Waals surface area contributed by atoms with Crippen molar-refractivity contribution in [3.8, 4) is 0 Å². The van der Waals surface area contributed by atoms with Gasteiger partial charge in [-0.15, -0.1) is 6.58 Å². The SMILES string of the molecule is C=CC(/N=C(\C)CC)C(CCO)C(C)=C(C)C. The normalized spacial score (nSPS) is 15.3. The maximum absolute atomic E-state index is 9.20. The van der Waals surface area contributed by atoms with Gasteiger partial charge in [0.25, 0.3) is 0 Å². The molecule has 0 saturated carbocycles. The van der Waals surface area contributed by atoms with E-state index >= 15 is 0 Å². The monoisotopic (exact) mass is 237 g/mol. The van der Waals surface area contributed by atoms with Crippen molar-refractivity contribution in [2.45, 2.75) is 53.5 Å². The smallest absolute Gasteiger partial charge is 0.0742 e. The molecule has 0 aromatic heterocycles. The maximum Gasteiger partial charge on any atom is 0.0742 e. The fraction of sp³-hybridized carbons (Fsp3) is 0.667. The molecule has 0 spiro atoms. The lowest BCUT2D eigenvalue weighted by Gasteiger charge is -2.24. The molecule has 2 atom stereocenters. The zero-order chi connectivity index (χ0) is 13.4. The molecule has 2 nitrogen and oxygen atoms in total. The van der Waals surface area contributed by atoms with E-state index in [1.54, 1.807) is 0 Å². The third kappa shape index (κ3) is 5.31. The lowest BCUT2D eigenvalue weighted by atomic mass is 9.87. The molecule has 0 aliphatic carbocycles. The van der Waals surface area contributed by atoms with Crippen LogP contribution in [0.2, 0.25) is 0 Å². The van der Waals surface area contributed by atoms with Gasteiger partial charge in [0.2, 0.25) is 0 Å². The molecule has 0 heterocycles. The number of rotatable bonds is 7. The standard InChI is InChI=1S/C15H27NO/c1-7-12(5)16-15(8-2)14(9-10-17)13(6)11(3)4/h8,14-15,17H,2,7,9-10H2,1,3-6H3/b16-12+. The van der Waals surface area contributed by atoms with Crippen LogP contribution in [-0.4, -0.2) is 23.5 Å². The Morgan fingerprint density at radius 2 is 1.88 bits per heavy atom. The van der Waals surface area contributed by atoms with Crippen molar-refractivity contribution in [1.82, 2.24) is 0 Å². The fourth-order valence-corrected chi connectivity index (χ4v) is 1.81. The van der Waals surface area contributed by atoms with E-state index in [9.17, 15) is 5.11 Å². The van der Waals surface area contributed by atoms with Crippen LogP contribution in [0.3, 0.4) is 0 Å². The number of hydrogen-bond donors (Lipinski definition) is 1. The number of aliphatic hydroxyl groups excluding tert-OH is 1. The summed E-state index contributed by atoms with van der Waals surface area (Å²) in [6, 6.07) is 0.0806. The minimum absolute atomic E-state index is 0.0806. The molecule has 2 unspecified atom stereocenters. The molecular weight excluding hydrogens is 210 g/mol. The van der Waals surface area contributed by atoms with Crippen LogP contribution in [0.15, 0.2) is 28.8 Å². The molecule has 0 saturated heterocycles. The Labute approximate surface area is 106 Å². The Balaban J connectivity index is 5.14. The van der Waals surface area contributed by atoms with Crippen molar-refractivity contribution in [2.75, 3.05) is 6.61 Å². The summed E-state index contributed by atoms with van der Waals surface area (Å²) in [5.74, 6) is 0.268. The second-order valence-electron chi connectivity index (χ2n) is 4.75. The van der Waals surface area contributed by atoms with Gasteiger partial charge in [-0.2, -0.15) is 0 Å². The maximum atomic E-state index is 9.20. The van der Waals surface area contributed by atoms with Gasteiger partial charge in [-0.1, -0.05) is 24.1 Å². The molecule has 0 bridgehead atoms. The average Bonchev–Trinajstić information content (AvgIpc) is 2.32. The Morgan fingerprint density at radius 1 is 1.29 bits per heavy atom. The quantitative estimate of drug-likeness (QED) is 0.530. The first kappa shape index (κ1) is 16.1. The van der Waals surface area contributed by atoms with Crippen LogP contribution in [0.5, 0.6) is 0 Å². The van der Waals surface area contributed by atoms with Crippen LogP contribution >= 0.6 is 0 Å². The van der Waals surface area contributed by atoms with E-state index in [1.165, 1.54) is 11.1 Å². The molecule has 2 heteroatoms. The summed E-state index contributed by atoms with van der Waals surface area (Å²) in [4.78, 5) is 4.69. The van der Waals surface area contributed by atoms with Crippen LogP contribution < -0.4 is 0 Å². The summed E-state index contributed by atoms with van der Waals surface area (Å²) in [5.41, 5.74) is 3.76. The number of allylic oxidation sites excluding steroid dienone is 1. The molecule has 0 aromatic carbocycles. The number of aliphatic imine (C=N–C) groups is 1. The van der Waals surface area contributed by atoms with Gasteiger partial charge >= 0.3 is 0 Å². The Kier molecular flexibility index (Phi) is 7.81. The van der Waals surface area contributed by atoms with Crippen LogP contribution in [0.1, 0.15) is 47.5 Å². The van der Waals surface area contributed by atoms with Crippen LogP contribution in [0, 0.1) is 5.92 Å². The minimum Gasteiger partial charge on any atom is -0.396 e. The molecule has 1 N–H and O–H groups in total. The summed E-state index contributed by atoms with van der Waals surface area (Å²) in [7, 11) is 0. The Bertz CT molecular complexity index is 298. The van der Waals surface area contributed by atoms with E-state index in [1.807, 2.05) is 13.0 Å². The third-order valence-electron chi connectivity index (χ3n) is 3.32. The van der Waals surface area contributed by atoms with Crippen molar-refractivity contribution in [2.24, 2.45) is 10.9 Å². The predicted octanol–water partition coefficient (Wildman–Crippen LogP) is 3.77. The van der Waals surface area contributed by atoms with E-state index in [0.717, 1.165) is 18.6 Å². The summed E-state index contributed by atoms with van der Waals surface area (Å²) in [5, 5.41) is 9.20. The molecule has 0 fully saturated rings. The first-order valence-electron chi connectivity index (χ1n) is 6.38. The van der Waals surface area contributed by atoms with Gasteiger partial charge in [-0.25, -0.2) is 0 Å². The molecule has 0 amide bonds. The van der Waals surface area contributed by atoms with Gasteiger partial charge in [0.15, 0.2) is 0 Å². The van der Waals surface area contributed by atoms with Gasteiger partial charge < -0.3 is 5.11 Å². The summed E-state index contributed by atoms with van der Waals surface area (Å²) in [6.45, 7) is 14.6. The molecule has 0 aromatic rings. The first-order chi connectivity index (χ1) is 7.97. The Hall–Kier alpha value is -0.890. The molecule has 17 heavy (non-hydrogen) atoms. The second-order valence-corrected chi connectivity index (χ2v) is 4.75. The highest BCUT2D eigenvalue weighted by molar-refractivity contribution is 5.81. The lowest BCUT2D eigenvalue weighted by Crippen LogP contribution is -2.21. The van der Waals surface area contributed by atoms with E-state index < -0.39 is 0 Å².